The van der Waals surface area contributed by atoms with Crippen LogP contribution in [0.15, 0.2) is 176 Å². The van der Waals surface area contributed by atoms with E-state index in [9.17, 15) is 0 Å². The number of hydrogen-bond donors (Lipinski definition) is 0. The molecule has 0 unspecified atom stereocenters. The van der Waals surface area contributed by atoms with Crippen LogP contribution in [0.25, 0.3) is 108 Å². The summed E-state index contributed by atoms with van der Waals surface area (Å²) in [5.41, 5.74) is 9.16. The van der Waals surface area contributed by atoms with E-state index in [0.29, 0.717) is 0 Å². The molecule has 0 spiro atoms. The first-order chi connectivity index (χ1) is 26.3. The third-order valence-corrected chi connectivity index (χ3v) is 12.3. The molecule has 0 aliphatic carbocycles. The van der Waals surface area contributed by atoms with Gasteiger partial charge in [0.2, 0.25) is 0 Å². The fraction of sp³-hybridized carbons (Fsp3) is 0. The second-order valence-electron chi connectivity index (χ2n) is 13.9. The summed E-state index contributed by atoms with van der Waals surface area (Å²) >= 11 is 1.89. The van der Waals surface area contributed by atoms with Crippen molar-refractivity contribution >= 4 is 96.8 Å². The third-order valence-electron chi connectivity index (χ3n) is 11.1. The smallest absolute Gasteiger partial charge is 0.138 e. The van der Waals surface area contributed by atoms with Crippen LogP contribution in [0, 0.1) is 0 Å². The van der Waals surface area contributed by atoms with Crippen molar-refractivity contribution in [3.63, 3.8) is 0 Å². The van der Waals surface area contributed by atoms with E-state index >= 15 is 0 Å². The lowest BCUT2D eigenvalue weighted by molar-refractivity contribution is 1.10. The zero-order chi connectivity index (χ0) is 34.6. The lowest BCUT2D eigenvalue weighted by Crippen LogP contribution is -2.00. The number of para-hydroxylation sites is 2. The van der Waals surface area contributed by atoms with Crippen LogP contribution < -0.4 is 0 Å². The first-order valence-electron chi connectivity index (χ1n) is 18.1. The molecule has 0 fully saturated rings. The molecule has 0 saturated carbocycles. The fourth-order valence-electron chi connectivity index (χ4n) is 8.80. The predicted octanol–water partition coefficient (Wildman–Crippen LogP) is 13.6. The van der Waals surface area contributed by atoms with Crippen LogP contribution in [-0.2, 0) is 0 Å². The van der Waals surface area contributed by atoms with Crippen LogP contribution in [0.4, 0.5) is 0 Å². The zero-order valence-electron chi connectivity index (χ0n) is 28.5. The van der Waals surface area contributed by atoms with Gasteiger partial charge in [-0.05, 0) is 76.5 Å². The fourth-order valence-corrected chi connectivity index (χ4v) is 10.1. The second-order valence-corrected chi connectivity index (χ2v) is 15.0. The molecule has 0 bridgehead atoms. The molecule has 53 heavy (non-hydrogen) atoms. The van der Waals surface area contributed by atoms with E-state index in [1.54, 1.807) is 0 Å². The zero-order valence-corrected chi connectivity index (χ0v) is 29.3. The molecular weight excluding hydrogens is 663 g/mol. The van der Waals surface area contributed by atoms with Gasteiger partial charge in [0.25, 0.3) is 0 Å². The van der Waals surface area contributed by atoms with Crippen molar-refractivity contribution in [3.05, 3.63) is 176 Å². The largest absolute Gasteiger partial charge is 0.309 e. The molecule has 8 aromatic carbocycles. The lowest BCUT2D eigenvalue weighted by atomic mass is 10.0. The molecule has 0 atom stereocenters. The van der Waals surface area contributed by atoms with Crippen molar-refractivity contribution in [1.82, 2.24) is 14.1 Å². The number of rotatable bonds is 3. The average molecular weight is 692 g/mol. The molecule has 0 saturated heterocycles. The van der Waals surface area contributed by atoms with Gasteiger partial charge in [0, 0.05) is 52.8 Å². The van der Waals surface area contributed by atoms with Gasteiger partial charge in [0.1, 0.15) is 5.82 Å². The van der Waals surface area contributed by atoms with Gasteiger partial charge in [-0.15, -0.1) is 11.3 Å². The first-order valence-corrected chi connectivity index (χ1v) is 18.9. The SMILES string of the molecule is c1ccc(-c2cc(-n3c4cc5c(cc4c4c6sc7ccccc7c6ccc43)c3c4ccccc4ccc3n5-c3ccccc3)nc3ccccc23)cc1. The molecule has 0 aliphatic heterocycles. The van der Waals surface area contributed by atoms with Gasteiger partial charge >= 0.3 is 0 Å². The van der Waals surface area contributed by atoms with Crippen molar-refractivity contribution < 1.29 is 0 Å². The Morgan fingerprint density at radius 3 is 1.94 bits per heavy atom. The molecule has 12 rings (SSSR count). The van der Waals surface area contributed by atoms with Crippen LogP contribution in [0.2, 0.25) is 0 Å². The summed E-state index contributed by atoms with van der Waals surface area (Å²) in [4.78, 5) is 5.43. The Labute approximate surface area is 308 Å². The van der Waals surface area contributed by atoms with Crippen molar-refractivity contribution in [2.24, 2.45) is 0 Å². The Morgan fingerprint density at radius 2 is 1.08 bits per heavy atom. The Morgan fingerprint density at radius 1 is 0.415 bits per heavy atom. The van der Waals surface area contributed by atoms with Crippen LogP contribution in [0.3, 0.4) is 0 Å². The van der Waals surface area contributed by atoms with Crippen LogP contribution in [-0.4, -0.2) is 14.1 Å². The average Bonchev–Trinajstić information content (AvgIpc) is 3.87. The van der Waals surface area contributed by atoms with E-state index in [4.69, 9.17) is 4.98 Å². The number of nitrogens with zero attached hydrogens (tertiary/aromatic N) is 3. The van der Waals surface area contributed by atoms with E-state index in [2.05, 4.69) is 185 Å². The van der Waals surface area contributed by atoms with Gasteiger partial charge in [-0.1, -0.05) is 121 Å². The Balaban J connectivity index is 1.31. The number of fused-ring (bicyclic) bond motifs is 13. The molecule has 4 heterocycles. The van der Waals surface area contributed by atoms with E-state index in [1.165, 1.54) is 74.6 Å². The summed E-state index contributed by atoms with van der Waals surface area (Å²) in [5.74, 6) is 0.912. The molecule has 3 nitrogen and oxygen atoms in total. The minimum atomic E-state index is 0.912. The summed E-state index contributed by atoms with van der Waals surface area (Å²) in [7, 11) is 0. The highest BCUT2D eigenvalue weighted by Crippen LogP contribution is 2.46. The molecule has 12 aromatic rings. The Hall–Kier alpha value is -6.75. The van der Waals surface area contributed by atoms with Crippen LogP contribution >= 0.6 is 11.3 Å². The predicted molar refractivity (Wildman–Crippen MR) is 226 cm³/mol. The van der Waals surface area contributed by atoms with Gasteiger partial charge in [0.15, 0.2) is 0 Å². The molecule has 4 heteroatoms. The number of aromatic nitrogens is 3. The highest BCUT2D eigenvalue weighted by molar-refractivity contribution is 7.26. The summed E-state index contributed by atoms with van der Waals surface area (Å²) < 4.78 is 7.47. The third kappa shape index (κ3) is 4.07. The maximum Gasteiger partial charge on any atom is 0.138 e. The molecule has 4 aromatic heterocycles. The summed E-state index contributed by atoms with van der Waals surface area (Å²) in [5, 5.41) is 11.3. The highest BCUT2D eigenvalue weighted by Gasteiger charge is 2.23. The standard InChI is InChI=1S/C49H29N3S/c1-3-13-30(14-4-1)37-28-46(50-40-21-11-9-19-34(37)40)52-42-26-24-36-35-20-10-12-22-45(35)53-49(36)48(42)39-27-38-43(29-44(39)52)51(32-16-5-2-6-17-32)41-25-23-31-15-7-8-18-33(31)47(38)41/h1-29H. The number of hydrogen-bond acceptors (Lipinski definition) is 2. The summed E-state index contributed by atoms with van der Waals surface area (Å²) in [6, 6.07) is 64.0. The summed E-state index contributed by atoms with van der Waals surface area (Å²) in [6.45, 7) is 0. The number of benzene rings is 8. The van der Waals surface area contributed by atoms with Crippen molar-refractivity contribution in [2.45, 2.75) is 0 Å². The van der Waals surface area contributed by atoms with Gasteiger partial charge in [-0.2, -0.15) is 0 Å². The molecule has 0 amide bonds. The Bertz CT molecular complexity index is 3440. The van der Waals surface area contributed by atoms with Crippen molar-refractivity contribution in [3.8, 4) is 22.6 Å². The first kappa shape index (κ1) is 28.9. The van der Waals surface area contributed by atoms with E-state index in [0.717, 1.165) is 33.4 Å². The normalized spacial score (nSPS) is 12.2. The molecular formula is C49H29N3S. The van der Waals surface area contributed by atoms with Gasteiger partial charge < -0.3 is 4.57 Å². The molecule has 0 aliphatic rings. The van der Waals surface area contributed by atoms with E-state index < -0.39 is 0 Å². The Kier molecular flexibility index (Phi) is 5.93. The quantitative estimate of drug-likeness (QED) is 0.181. The van der Waals surface area contributed by atoms with Gasteiger partial charge in [-0.3, -0.25) is 4.57 Å². The van der Waals surface area contributed by atoms with E-state index in [-0.39, 0.29) is 0 Å². The molecule has 0 radical (unpaired) electrons. The van der Waals surface area contributed by atoms with Crippen LogP contribution in [0.5, 0.6) is 0 Å². The summed E-state index contributed by atoms with van der Waals surface area (Å²) in [6.07, 6.45) is 0. The molecule has 0 N–H and O–H groups in total. The minimum Gasteiger partial charge on any atom is -0.309 e. The maximum absolute atomic E-state index is 5.43. The molecule has 246 valence electrons. The maximum atomic E-state index is 5.43. The van der Waals surface area contributed by atoms with Crippen LogP contribution in [0.1, 0.15) is 0 Å². The van der Waals surface area contributed by atoms with Gasteiger partial charge in [-0.25, -0.2) is 4.98 Å². The topological polar surface area (TPSA) is 22.8 Å². The number of pyridine rings is 1. The van der Waals surface area contributed by atoms with Crippen molar-refractivity contribution in [2.75, 3.05) is 0 Å². The van der Waals surface area contributed by atoms with Crippen molar-refractivity contribution in [1.29, 1.82) is 0 Å². The number of thiophene rings is 1. The minimum absolute atomic E-state index is 0.912. The second kappa shape index (κ2) is 10.9. The van der Waals surface area contributed by atoms with Gasteiger partial charge in [0.05, 0.1) is 27.6 Å². The monoisotopic (exact) mass is 691 g/mol. The highest BCUT2D eigenvalue weighted by atomic mass is 32.1. The van der Waals surface area contributed by atoms with E-state index in [1.807, 2.05) is 11.3 Å². The lowest BCUT2D eigenvalue weighted by Gasteiger charge is -2.13.